The summed E-state index contributed by atoms with van der Waals surface area (Å²) in [5.41, 5.74) is 0.119. The van der Waals surface area contributed by atoms with Crippen molar-refractivity contribution >= 4 is 23.5 Å². The van der Waals surface area contributed by atoms with Gasteiger partial charge in [-0.05, 0) is 37.1 Å². The van der Waals surface area contributed by atoms with Crippen molar-refractivity contribution in [1.82, 2.24) is 10.6 Å². The van der Waals surface area contributed by atoms with Crippen LogP contribution >= 0.6 is 0 Å². The van der Waals surface area contributed by atoms with E-state index in [1.165, 1.54) is 0 Å². The summed E-state index contributed by atoms with van der Waals surface area (Å²) in [5, 5.41) is 25.5. The third-order valence-electron chi connectivity index (χ3n) is 4.27. The van der Waals surface area contributed by atoms with Crippen LogP contribution in [0.2, 0.25) is 0 Å². The second-order valence-corrected chi connectivity index (χ2v) is 6.50. The zero-order chi connectivity index (χ0) is 21.6. The lowest BCUT2D eigenvalue weighted by atomic mass is 10.1. The number of nitrogens with one attached hydrogen (secondary N) is 2. The van der Waals surface area contributed by atoms with Crippen molar-refractivity contribution in [3.8, 4) is 0 Å². The van der Waals surface area contributed by atoms with Crippen LogP contribution in [0.3, 0.4) is 0 Å². The average Bonchev–Trinajstić information content (AvgIpc) is 2.71. The lowest BCUT2D eigenvalue weighted by molar-refractivity contribution is -0.384. The van der Waals surface area contributed by atoms with Gasteiger partial charge in [-0.3, -0.25) is 19.7 Å². The van der Waals surface area contributed by atoms with Gasteiger partial charge in [0.1, 0.15) is 0 Å². The van der Waals surface area contributed by atoms with Crippen molar-refractivity contribution in [2.45, 2.75) is 32.9 Å². The van der Waals surface area contributed by atoms with Crippen LogP contribution in [-0.4, -0.2) is 33.9 Å². The molecule has 0 saturated heterocycles. The fourth-order valence-corrected chi connectivity index (χ4v) is 2.49. The topological polar surface area (TPSA) is 139 Å². The van der Waals surface area contributed by atoms with Crippen LogP contribution in [0.1, 0.15) is 56.9 Å². The molecule has 0 aliphatic rings. The van der Waals surface area contributed by atoms with Crippen LogP contribution in [0, 0.1) is 10.1 Å². The number of nitro benzene ring substituents is 1. The van der Waals surface area contributed by atoms with Gasteiger partial charge in [-0.15, -0.1) is 0 Å². The van der Waals surface area contributed by atoms with Gasteiger partial charge in [-0.1, -0.05) is 19.1 Å². The first-order valence-corrected chi connectivity index (χ1v) is 8.92. The fourth-order valence-electron chi connectivity index (χ4n) is 2.49. The van der Waals surface area contributed by atoms with Crippen molar-refractivity contribution in [3.05, 3.63) is 74.8 Å². The summed E-state index contributed by atoms with van der Waals surface area (Å²) >= 11 is 0. The van der Waals surface area contributed by atoms with E-state index in [0.29, 0.717) is 11.1 Å². The zero-order valence-electron chi connectivity index (χ0n) is 16.0. The highest BCUT2D eigenvalue weighted by atomic mass is 16.6. The van der Waals surface area contributed by atoms with Crippen molar-refractivity contribution in [2.24, 2.45) is 0 Å². The molecule has 2 amide bonds. The summed E-state index contributed by atoms with van der Waals surface area (Å²) in [7, 11) is 0. The van der Waals surface area contributed by atoms with Crippen molar-refractivity contribution in [1.29, 1.82) is 0 Å². The van der Waals surface area contributed by atoms with Gasteiger partial charge in [0, 0.05) is 35.8 Å². The summed E-state index contributed by atoms with van der Waals surface area (Å²) in [6.07, 6.45) is 0.795. The molecule has 0 heterocycles. The molecule has 0 aliphatic heterocycles. The highest BCUT2D eigenvalue weighted by molar-refractivity contribution is 5.98. The predicted octanol–water partition coefficient (Wildman–Crippen LogP) is 2.75. The minimum atomic E-state index is -1.37. The fraction of sp³-hybridized carbons (Fsp3) is 0.250. The molecule has 9 nitrogen and oxygen atoms in total. The summed E-state index contributed by atoms with van der Waals surface area (Å²) in [4.78, 5) is 45.9. The third-order valence-corrected chi connectivity index (χ3v) is 4.27. The van der Waals surface area contributed by atoms with E-state index in [1.807, 2.05) is 13.8 Å². The normalized spacial score (nSPS) is 11.4. The Kier molecular flexibility index (Phi) is 7.02. The minimum absolute atomic E-state index is 0.0307. The summed E-state index contributed by atoms with van der Waals surface area (Å²) in [5.74, 6) is -2.26. The van der Waals surface area contributed by atoms with E-state index in [9.17, 15) is 24.5 Å². The van der Waals surface area contributed by atoms with Crippen LogP contribution in [0.5, 0.6) is 0 Å². The summed E-state index contributed by atoms with van der Waals surface area (Å²) < 4.78 is 0. The lowest BCUT2D eigenvalue weighted by Gasteiger charge is -2.12. The zero-order valence-corrected chi connectivity index (χ0v) is 16.0. The maximum Gasteiger partial charge on any atom is 0.335 e. The smallest absolute Gasteiger partial charge is 0.335 e. The number of nitrogens with zero attached hydrogens (tertiary/aromatic N) is 1. The maximum absolute atomic E-state index is 12.4. The van der Waals surface area contributed by atoms with Crippen LogP contribution in [0.15, 0.2) is 42.5 Å². The molecule has 3 N–H and O–H groups in total. The van der Waals surface area contributed by atoms with Crippen molar-refractivity contribution in [3.63, 3.8) is 0 Å². The third kappa shape index (κ3) is 5.86. The number of carbonyl (C=O) groups is 3. The van der Waals surface area contributed by atoms with Gasteiger partial charge in [0.15, 0.2) is 0 Å². The number of carboxylic acids is 1. The van der Waals surface area contributed by atoms with Gasteiger partial charge in [-0.25, -0.2) is 4.79 Å². The number of nitro groups is 1. The first-order valence-electron chi connectivity index (χ1n) is 8.92. The number of benzene rings is 2. The Morgan fingerprint density at radius 2 is 1.76 bits per heavy atom. The molecule has 9 heteroatoms. The summed E-state index contributed by atoms with van der Waals surface area (Å²) in [6, 6.07) is 9.69. The van der Waals surface area contributed by atoms with E-state index in [0.717, 1.165) is 24.6 Å². The molecule has 2 aromatic rings. The van der Waals surface area contributed by atoms with Crippen LogP contribution in [-0.2, 0) is 6.54 Å². The number of non-ortho nitro benzene ring substituents is 1. The van der Waals surface area contributed by atoms with Gasteiger partial charge in [0.2, 0.25) is 0 Å². The van der Waals surface area contributed by atoms with Gasteiger partial charge < -0.3 is 15.7 Å². The van der Waals surface area contributed by atoms with Gasteiger partial charge >= 0.3 is 5.97 Å². The molecule has 1 unspecified atom stereocenters. The molecule has 0 aromatic heterocycles. The number of carbonyl (C=O) groups excluding carboxylic acids is 2. The Hall–Kier alpha value is -3.75. The number of hydrogen-bond acceptors (Lipinski definition) is 5. The van der Waals surface area contributed by atoms with E-state index in [-0.39, 0.29) is 29.6 Å². The van der Waals surface area contributed by atoms with Gasteiger partial charge in [0.05, 0.1) is 10.5 Å². The summed E-state index contributed by atoms with van der Waals surface area (Å²) in [6.45, 7) is 3.92. The monoisotopic (exact) mass is 399 g/mol. The highest BCUT2D eigenvalue weighted by Gasteiger charge is 2.17. The van der Waals surface area contributed by atoms with Crippen LogP contribution < -0.4 is 10.6 Å². The maximum atomic E-state index is 12.4. The van der Waals surface area contributed by atoms with Crippen LogP contribution in [0.25, 0.3) is 0 Å². The number of amides is 2. The first kappa shape index (κ1) is 21.5. The molecule has 1 atom stereocenters. The largest absolute Gasteiger partial charge is 0.478 e. The van der Waals surface area contributed by atoms with E-state index in [1.54, 1.807) is 24.3 Å². The molecule has 29 heavy (non-hydrogen) atoms. The Labute approximate surface area is 166 Å². The van der Waals surface area contributed by atoms with Crippen molar-refractivity contribution < 1.29 is 24.4 Å². The quantitative estimate of drug-likeness (QED) is 0.461. The van der Waals surface area contributed by atoms with Gasteiger partial charge in [-0.2, -0.15) is 0 Å². The highest BCUT2D eigenvalue weighted by Crippen LogP contribution is 2.18. The molecule has 2 aromatic carbocycles. The number of rotatable bonds is 8. The Balaban J connectivity index is 2.13. The molecule has 0 radical (unpaired) electrons. The Morgan fingerprint density at radius 3 is 2.38 bits per heavy atom. The van der Waals surface area contributed by atoms with E-state index >= 15 is 0 Å². The molecule has 2 rings (SSSR count). The number of hydrogen-bond donors (Lipinski definition) is 3. The molecule has 0 fully saturated rings. The SMILES string of the molecule is CCC(C)NC(=O)c1cccc(CNC(=O)c2cc(C(=O)O)cc([N+](=O)[O-])c2)c1. The number of aromatic carboxylic acids is 1. The Morgan fingerprint density at radius 1 is 1.07 bits per heavy atom. The number of carboxylic acid groups (broad SMARTS) is 1. The van der Waals surface area contributed by atoms with Crippen molar-refractivity contribution in [2.75, 3.05) is 0 Å². The minimum Gasteiger partial charge on any atom is -0.478 e. The second kappa shape index (κ2) is 9.45. The Bertz CT molecular complexity index is 925. The standard InChI is InChI=1S/C20H21N3O6/c1-3-12(2)22-19(25)14-6-4-5-13(7-14)11-21-18(24)15-8-16(20(26)27)10-17(9-15)23(28)29/h4-10,12H,3,11H2,1-2H3,(H,21,24)(H,22,25)(H,26,27). The average molecular weight is 399 g/mol. The van der Waals surface area contributed by atoms with E-state index < -0.39 is 22.5 Å². The molecular formula is C20H21N3O6. The van der Waals surface area contributed by atoms with Crippen LogP contribution in [0.4, 0.5) is 5.69 Å². The predicted molar refractivity (Wildman–Crippen MR) is 105 cm³/mol. The first-order chi connectivity index (χ1) is 13.7. The molecular weight excluding hydrogens is 378 g/mol. The molecule has 152 valence electrons. The molecule has 0 saturated carbocycles. The van der Waals surface area contributed by atoms with Gasteiger partial charge in [0.25, 0.3) is 17.5 Å². The van der Waals surface area contributed by atoms with E-state index in [4.69, 9.17) is 5.11 Å². The van der Waals surface area contributed by atoms with E-state index in [2.05, 4.69) is 10.6 Å². The lowest BCUT2D eigenvalue weighted by Crippen LogP contribution is -2.32. The molecule has 0 bridgehead atoms. The molecule has 0 spiro atoms. The molecule has 0 aliphatic carbocycles. The second-order valence-electron chi connectivity index (χ2n) is 6.50.